The van der Waals surface area contributed by atoms with Crippen LogP contribution in [0.15, 0.2) is 10.9 Å². The van der Waals surface area contributed by atoms with E-state index in [1.165, 1.54) is 4.98 Å². The summed E-state index contributed by atoms with van der Waals surface area (Å²) in [4.78, 5) is 23.8. The highest BCUT2D eigenvalue weighted by Crippen LogP contribution is 2.31. The molecule has 9 heteroatoms. The molecule has 1 N–H and O–H groups in total. The Kier molecular flexibility index (Phi) is 4.28. The van der Waals surface area contributed by atoms with Crippen molar-refractivity contribution in [3.63, 3.8) is 0 Å². The molecule has 0 saturated heterocycles. The van der Waals surface area contributed by atoms with E-state index in [1.807, 2.05) is 0 Å². The molecule has 0 radical (unpaired) electrons. The van der Waals surface area contributed by atoms with E-state index in [1.54, 1.807) is 0 Å². The van der Waals surface area contributed by atoms with Crippen molar-refractivity contribution in [2.75, 3.05) is 7.11 Å². The number of aromatic amines is 1. The molecule has 1 rings (SSSR count). The Morgan fingerprint density at radius 1 is 1.42 bits per heavy atom. The van der Waals surface area contributed by atoms with Crippen LogP contribution in [0.2, 0.25) is 0 Å². The maximum absolute atomic E-state index is 12.7. The van der Waals surface area contributed by atoms with Crippen LogP contribution in [-0.4, -0.2) is 18.1 Å². The molecule has 0 aliphatic carbocycles. The van der Waals surface area contributed by atoms with Gasteiger partial charge in [0, 0.05) is 11.6 Å². The Morgan fingerprint density at radius 3 is 2.42 bits per heavy atom. The number of ether oxygens (including phenoxy) is 1. The number of alkyl halides is 5. The zero-order valence-corrected chi connectivity index (χ0v) is 9.48. The summed E-state index contributed by atoms with van der Waals surface area (Å²) in [6.45, 7) is 0. The number of methoxy groups -OCH3 is 1. The van der Waals surface area contributed by atoms with Crippen LogP contribution in [0.25, 0.3) is 0 Å². The molecule has 0 aliphatic heterocycles. The Hall–Kier alpha value is -1.93. The van der Waals surface area contributed by atoms with Gasteiger partial charge in [-0.3, -0.25) is 9.59 Å². The van der Waals surface area contributed by atoms with Crippen molar-refractivity contribution >= 4 is 5.97 Å². The third-order valence-electron chi connectivity index (χ3n) is 2.22. The zero-order valence-electron chi connectivity index (χ0n) is 9.48. The van der Waals surface area contributed by atoms with Crippen LogP contribution in [0, 0.1) is 0 Å². The van der Waals surface area contributed by atoms with Crippen LogP contribution in [-0.2, 0) is 22.1 Å². The number of hydrogen-bond acceptors (Lipinski definition) is 3. The van der Waals surface area contributed by atoms with Gasteiger partial charge in [0.25, 0.3) is 6.43 Å². The van der Waals surface area contributed by atoms with E-state index in [9.17, 15) is 31.5 Å². The van der Waals surface area contributed by atoms with Gasteiger partial charge >= 0.3 is 12.1 Å². The number of pyridine rings is 1. The van der Waals surface area contributed by atoms with Crippen LogP contribution in [0.4, 0.5) is 22.0 Å². The second kappa shape index (κ2) is 5.37. The molecule has 0 fully saturated rings. The number of hydrogen-bond donors (Lipinski definition) is 1. The van der Waals surface area contributed by atoms with E-state index in [0.717, 1.165) is 7.11 Å². The van der Waals surface area contributed by atoms with Gasteiger partial charge in [0.15, 0.2) is 5.43 Å². The summed E-state index contributed by atoms with van der Waals surface area (Å²) in [6, 6.07) is 0.332. The summed E-state index contributed by atoms with van der Waals surface area (Å²) < 4.78 is 66.8. The zero-order chi connectivity index (χ0) is 14.8. The van der Waals surface area contributed by atoms with Gasteiger partial charge in [0.05, 0.1) is 19.2 Å². The number of carbonyl (C=O) groups is 1. The summed E-state index contributed by atoms with van der Waals surface area (Å²) in [6.07, 6.45) is -9.28. The number of carbonyl (C=O) groups excluding carboxylic acids is 1. The third-order valence-corrected chi connectivity index (χ3v) is 2.22. The number of halogens is 5. The van der Waals surface area contributed by atoms with Crippen molar-refractivity contribution in [2.24, 2.45) is 0 Å². The molecular formula is C10H8F5NO3. The summed E-state index contributed by atoms with van der Waals surface area (Å²) in [5.41, 5.74) is -5.08. The maximum Gasteiger partial charge on any atom is 0.431 e. The van der Waals surface area contributed by atoms with Crippen molar-refractivity contribution < 1.29 is 31.5 Å². The Balaban J connectivity index is 3.44. The first-order valence-electron chi connectivity index (χ1n) is 4.85. The minimum absolute atomic E-state index is 0.332. The van der Waals surface area contributed by atoms with Gasteiger partial charge in [0.1, 0.15) is 5.69 Å². The van der Waals surface area contributed by atoms with Crippen molar-refractivity contribution in [1.29, 1.82) is 0 Å². The van der Waals surface area contributed by atoms with Crippen LogP contribution in [0.1, 0.15) is 23.4 Å². The normalized spacial score (nSPS) is 11.7. The minimum Gasteiger partial charge on any atom is -0.469 e. The molecule has 0 bridgehead atoms. The Labute approximate surface area is 103 Å². The number of H-pyrrole nitrogens is 1. The van der Waals surface area contributed by atoms with Crippen molar-refractivity contribution in [3.8, 4) is 0 Å². The van der Waals surface area contributed by atoms with Crippen LogP contribution < -0.4 is 5.43 Å². The fourth-order valence-corrected chi connectivity index (χ4v) is 1.36. The van der Waals surface area contributed by atoms with Gasteiger partial charge in [-0.15, -0.1) is 0 Å². The van der Waals surface area contributed by atoms with Gasteiger partial charge in [-0.05, 0) is 0 Å². The predicted octanol–water partition coefficient (Wildman–Crippen LogP) is 2.05. The lowest BCUT2D eigenvalue weighted by atomic mass is 10.1. The largest absolute Gasteiger partial charge is 0.469 e. The maximum atomic E-state index is 12.7. The van der Waals surface area contributed by atoms with E-state index in [-0.39, 0.29) is 0 Å². The molecular weight excluding hydrogens is 277 g/mol. The molecule has 0 unspecified atom stereocenters. The highest BCUT2D eigenvalue weighted by Gasteiger charge is 2.37. The lowest BCUT2D eigenvalue weighted by Gasteiger charge is -2.13. The third kappa shape index (κ3) is 3.52. The predicted molar refractivity (Wildman–Crippen MR) is 52.7 cm³/mol. The number of rotatable bonds is 3. The summed E-state index contributed by atoms with van der Waals surface area (Å²) in [5.74, 6) is -1.08. The molecule has 0 spiro atoms. The highest BCUT2D eigenvalue weighted by molar-refractivity contribution is 5.72. The van der Waals surface area contributed by atoms with E-state index in [2.05, 4.69) is 4.74 Å². The number of nitrogens with one attached hydrogen (secondary N) is 1. The first-order chi connectivity index (χ1) is 8.66. The molecule has 0 aromatic carbocycles. The number of esters is 1. The topological polar surface area (TPSA) is 59.2 Å². The lowest BCUT2D eigenvalue weighted by molar-refractivity contribution is -0.143. The molecule has 106 valence electrons. The number of aromatic nitrogens is 1. The average Bonchev–Trinajstić information content (AvgIpc) is 2.29. The van der Waals surface area contributed by atoms with Gasteiger partial charge in [-0.2, -0.15) is 13.2 Å². The average molecular weight is 285 g/mol. The SMILES string of the molecule is COC(=O)Cc1c(C(F)(F)F)[nH]c(C(F)F)cc1=O. The van der Waals surface area contributed by atoms with E-state index < -0.39 is 47.4 Å². The summed E-state index contributed by atoms with van der Waals surface area (Å²) in [5, 5.41) is 0. The van der Waals surface area contributed by atoms with E-state index >= 15 is 0 Å². The molecule has 19 heavy (non-hydrogen) atoms. The second-order valence-electron chi connectivity index (χ2n) is 3.49. The Morgan fingerprint density at radius 2 is 2.00 bits per heavy atom. The molecule has 1 aromatic rings. The van der Waals surface area contributed by atoms with Gasteiger partial charge in [-0.1, -0.05) is 0 Å². The van der Waals surface area contributed by atoms with Crippen LogP contribution in [0.5, 0.6) is 0 Å². The van der Waals surface area contributed by atoms with Gasteiger partial charge in [0.2, 0.25) is 0 Å². The van der Waals surface area contributed by atoms with Crippen molar-refractivity contribution in [1.82, 2.24) is 4.98 Å². The van der Waals surface area contributed by atoms with Crippen molar-refractivity contribution in [2.45, 2.75) is 19.0 Å². The lowest BCUT2D eigenvalue weighted by Crippen LogP contribution is -2.24. The van der Waals surface area contributed by atoms with Gasteiger partial charge < -0.3 is 9.72 Å². The quantitative estimate of drug-likeness (QED) is 0.683. The molecule has 0 saturated carbocycles. The minimum atomic E-state index is -5.06. The molecule has 4 nitrogen and oxygen atoms in total. The standard InChI is InChI=1S/C10H8F5NO3/c1-19-7(18)2-4-6(17)3-5(9(11)12)16-8(4)10(13,14)15/h3,9H,2H2,1H3,(H,16,17). The molecule has 0 atom stereocenters. The van der Waals surface area contributed by atoms with E-state index in [4.69, 9.17) is 0 Å². The monoisotopic (exact) mass is 285 g/mol. The first-order valence-corrected chi connectivity index (χ1v) is 4.85. The molecule has 0 amide bonds. The van der Waals surface area contributed by atoms with Crippen LogP contribution >= 0.6 is 0 Å². The van der Waals surface area contributed by atoms with E-state index in [0.29, 0.717) is 6.07 Å². The molecule has 0 aliphatic rings. The summed E-state index contributed by atoms with van der Waals surface area (Å²) >= 11 is 0. The fourth-order valence-electron chi connectivity index (χ4n) is 1.36. The first kappa shape index (κ1) is 15.1. The second-order valence-corrected chi connectivity index (χ2v) is 3.49. The molecule has 1 heterocycles. The van der Waals surface area contributed by atoms with Gasteiger partial charge in [-0.25, -0.2) is 8.78 Å². The molecule has 1 aromatic heterocycles. The smallest absolute Gasteiger partial charge is 0.431 e. The van der Waals surface area contributed by atoms with Crippen molar-refractivity contribution in [3.05, 3.63) is 33.2 Å². The fraction of sp³-hybridized carbons (Fsp3) is 0.400. The highest BCUT2D eigenvalue weighted by atomic mass is 19.4. The van der Waals surface area contributed by atoms with Crippen LogP contribution in [0.3, 0.4) is 0 Å². The Bertz CT molecular complexity index is 535. The summed E-state index contributed by atoms with van der Waals surface area (Å²) in [7, 11) is 0.928.